The molecule has 0 aromatic heterocycles. The van der Waals surface area contributed by atoms with Gasteiger partial charge >= 0.3 is 0 Å². The molecule has 1 aromatic rings. The van der Waals surface area contributed by atoms with E-state index >= 15 is 0 Å². The summed E-state index contributed by atoms with van der Waals surface area (Å²) in [5.41, 5.74) is 7.91. The SMILES string of the molecule is CC(N)(Cc1ccccc1)C1CCOC2(CCOCC2)C1. The minimum atomic E-state index is -0.170. The highest BCUT2D eigenvalue weighted by Crippen LogP contribution is 2.41. The molecule has 3 nitrogen and oxygen atoms in total. The van der Waals surface area contributed by atoms with Gasteiger partial charge in [-0.2, -0.15) is 0 Å². The molecule has 0 radical (unpaired) electrons. The topological polar surface area (TPSA) is 44.5 Å². The molecule has 21 heavy (non-hydrogen) atoms. The van der Waals surface area contributed by atoms with E-state index in [0.29, 0.717) is 5.92 Å². The van der Waals surface area contributed by atoms with E-state index in [2.05, 4.69) is 37.3 Å². The average molecular weight is 289 g/mol. The summed E-state index contributed by atoms with van der Waals surface area (Å²) in [5.74, 6) is 0.518. The summed E-state index contributed by atoms with van der Waals surface area (Å²) in [5, 5.41) is 0. The Balaban J connectivity index is 1.69. The van der Waals surface area contributed by atoms with E-state index in [1.54, 1.807) is 0 Å². The van der Waals surface area contributed by atoms with Crippen LogP contribution in [0.25, 0.3) is 0 Å². The number of hydrogen-bond acceptors (Lipinski definition) is 3. The number of rotatable bonds is 3. The molecule has 2 aliphatic rings. The van der Waals surface area contributed by atoms with Crippen LogP contribution in [-0.2, 0) is 15.9 Å². The lowest BCUT2D eigenvalue weighted by Gasteiger charge is -2.47. The van der Waals surface area contributed by atoms with Crippen molar-refractivity contribution in [1.82, 2.24) is 0 Å². The van der Waals surface area contributed by atoms with Crippen LogP contribution in [0.1, 0.15) is 38.2 Å². The van der Waals surface area contributed by atoms with Gasteiger partial charge in [-0.05, 0) is 50.5 Å². The van der Waals surface area contributed by atoms with Crippen molar-refractivity contribution in [2.24, 2.45) is 11.7 Å². The molecule has 0 saturated carbocycles. The van der Waals surface area contributed by atoms with Crippen LogP contribution in [0.15, 0.2) is 30.3 Å². The number of benzene rings is 1. The molecule has 1 spiro atoms. The lowest BCUT2D eigenvalue weighted by atomic mass is 9.70. The average Bonchev–Trinajstić information content (AvgIpc) is 2.49. The van der Waals surface area contributed by atoms with Crippen molar-refractivity contribution >= 4 is 0 Å². The second-order valence-corrected chi connectivity index (χ2v) is 7.00. The van der Waals surface area contributed by atoms with Crippen LogP contribution in [0, 0.1) is 5.92 Å². The fraction of sp³-hybridized carbons (Fsp3) is 0.667. The quantitative estimate of drug-likeness (QED) is 0.930. The lowest BCUT2D eigenvalue weighted by molar-refractivity contribution is -0.153. The standard InChI is InChI=1S/C18H27NO2/c1-17(19,13-15-5-3-2-4-6-15)16-7-10-21-18(14-16)8-11-20-12-9-18/h2-6,16H,7-14,19H2,1H3. The molecule has 2 unspecified atom stereocenters. The fourth-order valence-electron chi connectivity index (χ4n) is 3.86. The smallest absolute Gasteiger partial charge is 0.0729 e. The molecule has 116 valence electrons. The van der Waals surface area contributed by atoms with Crippen LogP contribution >= 0.6 is 0 Å². The van der Waals surface area contributed by atoms with Crippen molar-refractivity contribution in [1.29, 1.82) is 0 Å². The highest BCUT2D eigenvalue weighted by molar-refractivity contribution is 5.18. The first-order valence-electron chi connectivity index (χ1n) is 8.14. The minimum absolute atomic E-state index is 0.0263. The van der Waals surface area contributed by atoms with E-state index in [4.69, 9.17) is 15.2 Å². The van der Waals surface area contributed by atoms with E-state index in [-0.39, 0.29) is 11.1 Å². The predicted molar refractivity (Wildman–Crippen MR) is 84.2 cm³/mol. The third-order valence-electron chi connectivity index (χ3n) is 5.26. The van der Waals surface area contributed by atoms with Crippen molar-refractivity contribution in [2.45, 2.75) is 50.2 Å². The van der Waals surface area contributed by atoms with E-state index in [1.165, 1.54) is 5.56 Å². The van der Waals surface area contributed by atoms with Crippen LogP contribution in [-0.4, -0.2) is 31.0 Å². The molecule has 2 saturated heterocycles. The highest BCUT2D eigenvalue weighted by Gasteiger charge is 2.43. The molecule has 0 amide bonds. The summed E-state index contributed by atoms with van der Waals surface area (Å²) in [4.78, 5) is 0. The third-order valence-corrected chi connectivity index (χ3v) is 5.26. The molecular formula is C18H27NO2. The Morgan fingerprint density at radius 1 is 1.19 bits per heavy atom. The van der Waals surface area contributed by atoms with Gasteiger partial charge in [-0.3, -0.25) is 0 Å². The monoisotopic (exact) mass is 289 g/mol. The van der Waals surface area contributed by atoms with Crippen molar-refractivity contribution in [3.8, 4) is 0 Å². The molecule has 2 atom stereocenters. The Bertz CT molecular complexity index is 446. The maximum absolute atomic E-state index is 6.73. The summed E-state index contributed by atoms with van der Waals surface area (Å²) in [7, 11) is 0. The summed E-state index contributed by atoms with van der Waals surface area (Å²) >= 11 is 0. The number of nitrogens with two attached hydrogens (primary N) is 1. The van der Waals surface area contributed by atoms with Crippen molar-refractivity contribution in [2.75, 3.05) is 19.8 Å². The van der Waals surface area contributed by atoms with E-state index in [1.807, 2.05) is 0 Å². The molecule has 2 heterocycles. The van der Waals surface area contributed by atoms with Gasteiger partial charge < -0.3 is 15.2 Å². The van der Waals surface area contributed by atoms with Gasteiger partial charge in [0.05, 0.1) is 5.60 Å². The predicted octanol–water partition coefficient (Wildman–Crippen LogP) is 2.92. The molecule has 2 fully saturated rings. The Hall–Kier alpha value is -0.900. The molecule has 0 bridgehead atoms. The maximum atomic E-state index is 6.73. The van der Waals surface area contributed by atoms with Gasteiger partial charge in [0, 0.05) is 25.4 Å². The van der Waals surface area contributed by atoms with Gasteiger partial charge in [0.1, 0.15) is 0 Å². The summed E-state index contributed by atoms with van der Waals surface area (Å²) in [6.45, 7) is 4.70. The first-order chi connectivity index (χ1) is 10.1. The van der Waals surface area contributed by atoms with Gasteiger partial charge in [-0.1, -0.05) is 30.3 Å². The molecule has 2 N–H and O–H groups in total. The first kappa shape index (κ1) is 15.0. The van der Waals surface area contributed by atoms with Gasteiger partial charge in [0.2, 0.25) is 0 Å². The van der Waals surface area contributed by atoms with Crippen LogP contribution in [0.2, 0.25) is 0 Å². The zero-order valence-electron chi connectivity index (χ0n) is 13.0. The highest BCUT2D eigenvalue weighted by atomic mass is 16.5. The van der Waals surface area contributed by atoms with E-state index < -0.39 is 0 Å². The van der Waals surface area contributed by atoms with Crippen molar-refractivity contribution in [3.63, 3.8) is 0 Å². The number of ether oxygens (including phenoxy) is 2. The zero-order valence-corrected chi connectivity index (χ0v) is 13.0. The van der Waals surface area contributed by atoms with Gasteiger partial charge in [0.25, 0.3) is 0 Å². The van der Waals surface area contributed by atoms with Crippen LogP contribution < -0.4 is 5.73 Å². The third kappa shape index (κ3) is 3.47. The fourth-order valence-corrected chi connectivity index (χ4v) is 3.86. The van der Waals surface area contributed by atoms with Gasteiger partial charge in [0.15, 0.2) is 0 Å². The summed E-state index contributed by atoms with van der Waals surface area (Å²) in [6.07, 6.45) is 5.12. The molecule has 1 aromatic carbocycles. The minimum Gasteiger partial charge on any atom is -0.381 e. The first-order valence-corrected chi connectivity index (χ1v) is 8.14. The largest absolute Gasteiger partial charge is 0.381 e. The Morgan fingerprint density at radius 2 is 1.90 bits per heavy atom. The lowest BCUT2D eigenvalue weighted by Crippen LogP contribution is -2.54. The van der Waals surface area contributed by atoms with Crippen LogP contribution in [0.3, 0.4) is 0 Å². The molecule has 3 rings (SSSR count). The number of hydrogen-bond donors (Lipinski definition) is 1. The molecule has 3 heteroatoms. The molecular weight excluding hydrogens is 262 g/mol. The Labute approximate surface area is 127 Å². The van der Waals surface area contributed by atoms with Crippen LogP contribution in [0.5, 0.6) is 0 Å². The summed E-state index contributed by atoms with van der Waals surface area (Å²) < 4.78 is 11.6. The summed E-state index contributed by atoms with van der Waals surface area (Å²) in [6, 6.07) is 10.6. The Morgan fingerprint density at radius 3 is 2.62 bits per heavy atom. The Kier molecular flexibility index (Phi) is 4.34. The molecule has 0 aliphatic carbocycles. The normalized spacial score (nSPS) is 28.2. The second-order valence-electron chi connectivity index (χ2n) is 7.00. The van der Waals surface area contributed by atoms with Crippen molar-refractivity contribution in [3.05, 3.63) is 35.9 Å². The van der Waals surface area contributed by atoms with E-state index in [9.17, 15) is 0 Å². The second kappa shape index (κ2) is 6.07. The zero-order chi connectivity index (χ0) is 14.8. The van der Waals surface area contributed by atoms with Gasteiger partial charge in [-0.15, -0.1) is 0 Å². The molecule has 2 aliphatic heterocycles. The van der Waals surface area contributed by atoms with Crippen molar-refractivity contribution < 1.29 is 9.47 Å². The van der Waals surface area contributed by atoms with Crippen LogP contribution in [0.4, 0.5) is 0 Å². The van der Waals surface area contributed by atoms with Gasteiger partial charge in [-0.25, -0.2) is 0 Å². The van der Waals surface area contributed by atoms with E-state index in [0.717, 1.165) is 51.9 Å². The maximum Gasteiger partial charge on any atom is 0.0729 e.